The van der Waals surface area contributed by atoms with E-state index in [1.54, 1.807) is 0 Å². The summed E-state index contributed by atoms with van der Waals surface area (Å²) >= 11 is 0. The highest BCUT2D eigenvalue weighted by Crippen LogP contribution is 2.41. The zero-order chi connectivity index (χ0) is 20.6. The molecule has 0 saturated heterocycles. The molecular weight excluding hydrogens is 358 g/mol. The Morgan fingerprint density at radius 3 is 2.24 bits per heavy atom. The zero-order valence-electron chi connectivity index (χ0n) is 18.7. The lowest BCUT2D eigenvalue weighted by Gasteiger charge is -2.31. The number of benzene rings is 1. The molecule has 1 heterocycles. The minimum absolute atomic E-state index is 0.0791. The molecule has 0 spiro atoms. The van der Waals surface area contributed by atoms with Gasteiger partial charge in [-0.05, 0) is 56.6 Å². The molecule has 3 heteroatoms. The Hall–Kier alpha value is -1.87. The van der Waals surface area contributed by atoms with Gasteiger partial charge in [0, 0.05) is 30.0 Å². The summed E-state index contributed by atoms with van der Waals surface area (Å²) in [6, 6.07) is 8.75. The van der Waals surface area contributed by atoms with Crippen molar-refractivity contribution in [1.82, 2.24) is 4.98 Å². The molecule has 1 atom stereocenters. The summed E-state index contributed by atoms with van der Waals surface area (Å²) in [5.74, 6) is 1.50. The minimum atomic E-state index is 0.0791. The largest absolute Gasteiger partial charge is 0.493 e. The predicted octanol–water partition coefficient (Wildman–Crippen LogP) is 6.93. The van der Waals surface area contributed by atoms with E-state index < -0.39 is 0 Å². The summed E-state index contributed by atoms with van der Waals surface area (Å²) in [5.41, 5.74) is 6.11. The average Bonchev–Trinajstić information content (AvgIpc) is 2.78. The van der Waals surface area contributed by atoms with E-state index in [1.165, 1.54) is 48.8 Å². The van der Waals surface area contributed by atoms with Crippen molar-refractivity contribution in [2.24, 2.45) is 5.92 Å². The van der Waals surface area contributed by atoms with Gasteiger partial charge in [-0.2, -0.15) is 0 Å². The smallest absolute Gasteiger partial charge is 0.128 e. The average molecular weight is 396 g/mol. The van der Waals surface area contributed by atoms with E-state index in [0.29, 0.717) is 19.1 Å². The molecule has 1 aliphatic rings. The topological polar surface area (TPSA) is 31.4 Å². The highest BCUT2D eigenvalue weighted by molar-refractivity contribution is 5.69. The van der Waals surface area contributed by atoms with E-state index >= 15 is 0 Å². The number of hydrogen-bond donors (Lipinski definition) is 0. The fraction of sp³-hybridized carbons (Fsp3) is 0.577. The van der Waals surface area contributed by atoms with Crippen molar-refractivity contribution in [3.8, 4) is 17.0 Å². The SMILES string of the molecule is CCOc1cc(-c2c(CC)cccc2CC)ncc1C(OCC)C1CCCCC1. The second-order valence-corrected chi connectivity index (χ2v) is 7.97. The van der Waals surface area contributed by atoms with E-state index in [1.807, 2.05) is 6.20 Å². The van der Waals surface area contributed by atoms with Crippen LogP contribution in [0.1, 0.15) is 82.6 Å². The molecule has 1 fully saturated rings. The summed E-state index contributed by atoms with van der Waals surface area (Å²) < 4.78 is 12.4. The Morgan fingerprint density at radius 2 is 1.66 bits per heavy atom. The Morgan fingerprint density at radius 1 is 0.966 bits per heavy atom. The van der Waals surface area contributed by atoms with Gasteiger partial charge in [0.25, 0.3) is 0 Å². The molecule has 1 unspecified atom stereocenters. The molecule has 0 aliphatic heterocycles. The lowest BCUT2D eigenvalue weighted by atomic mass is 9.82. The molecule has 2 aromatic rings. The number of rotatable bonds is 9. The zero-order valence-corrected chi connectivity index (χ0v) is 18.7. The van der Waals surface area contributed by atoms with Crippen LogP contribution >= 0.6 is 0 Å². The highest BCUT2D eigenvalue weighted by atomic mass is 16.5. The van der Waals surface area contributed by atoms with Crippen molar-refractivity contribution in [2.45, 2.75) is 78.7 Å². The summed E-state index contributed by atoms with van der Waals surface area (Å²) in [6.45, 7) is 9.93. The Kier molecular flexibility index (Phi) is 8.11. The molecule has 0 N–H and O–H groups in total. The molecular formula is C26H37NO2. The Balaban J connectivity index is 2.05. The van der Waals surface area contributed by atoms with Crippen molar-refractivity contribution in [3.63, 3.8) is 0 Å². The van der Waals surface area contributed by atoms with Gasteiger partial charge in [0.1, 0.15) is 5.75 Å². The van der Waals surface area contributed by atoms with E-state index in [9.17, 15) is 0 Å². The van der Waals surface area contributed by atoms with Crippen LogP contribution in [0.5, 0.6) is 5.75 Å². The third kappa shape index (κ3) is 5.01. The first-order chi connectivity index (χ1) is 14.2. The van der Waals surface area contributed by atoms with Gasteiger partial charge in [-0.1, -0.05) is 51.3 Å². The van der Waals surface area contributed by atoms with Gasteiger partial charge in [0.15, 0.2) is 0 Å². The van der Waals surface area contributed by atoms with Gasteiger partial charge in [0.2, 0.25) is 0 Å². The van der Waals surface area contributed by atoms with Gasteiger partial charge < -0.3 is 9.47 Å². The minimum Gasteiger partial charge on any atom is -0.493 e. The van der Waals surface area contributed by atoms with E-state index in [4.69, 9.17) is 14.5 Å². The van der Waals surface area contributed by atoms with Crippen molar-refractivity contribution >= 4 is 0 Å². The fourth-order valence-corrected chi connectivity index (χ4v) is 4.75. The molecule has 29 heavy (non-hydrogen) atoms. The number of hydrogen-bond acceptors (Lipinski definition) is 3. The Labute approximate surface area is 176 Å². The standard InChI is InChI=1S/C26H37NO2/c1-5-19-15-12-16-20(6-2)25(19)23-17-24(28-7-3)22(18-27-23)26(29-8-4)21-13-10-9-11-14-21/h12,15-18,21,26H,5-11,13-14H2,1-4H3. The van der Waals surface area contributed by atoms with Crippen LogP contribution in [-0.4, -0.2) is 18.2 Å². The Bertz CT molecular complexity index is 758. The van der Waals surface area contributed by atoms with Gasteiger partial charge in [-0.3, -0.25) is 4.98 Å². The van der Waals surface area contributed by atoms with Crippen LogP contribution in [0.3, 0.4) is 0 Å². The lowest BCUT2D eigenvalue weighted by molar-refractivity contribution is 0.00376. The quantitative estimate of drug-likeness (QED) is 0.461. The molecule has 1 aromatic carbocycles. The number of aryl methyl sites for hydroxylation is 2. The molecule has 1 aliphatic carbocycles. The summed E-state index contributed by atoms with van der Waals surface area (Å²) in [4.78, 5) is 4.95. The molecule has 1 aromatic heterocycles. The first kappa shape index (κ1) is 21.8. The monoisotopic (exact) mass is 395 g/mol. The fourth-order valence-electron chi connectivity index (χ4n) is 4.75. The maximum atomic E-state index is 6.27. The summed E-state index contributed by atoms with van der Waals surface area (Å²) in [7, 11) is 0. The molecule has 3 nitrogen and oxygen atoms in total. The predicted molar refractivity (Wildman–Crippen MR) is 121 cm³/mol. The van der Waals surface area contributed by atoms with E-state index in [0.717, 1.165) is 29.8 Å². The molecule has 0 bridgehead atoms. The normalized spacial score (nSPS) is 16.0. The highest BCUT2D eigenvalue weighted by Gasteiger charge is 2.29. The summed E-state index contributed by atoms with van der Waals surface area (Å²) in [6.07, 6.45) is 10.5. The molecule has 0 amide bonds. The third-order valence-corrected chi connectivity index (χ3v) is 6.18. The molecule has 0 radical (unpaired) electrons. The number of aromatic nitrogens is 1. The van der Waals surface area contributed by atoms with Crippen LogP contribution in [0, 0.1) is 5.92 Å². The van der Waals surface area contributed by atoms with Crippen molar-refractivity contribution in [2.75, 3.05) is 13.2 Å². The van der Waals surface area contributed by atoms with E-state index in [-0.39, 0.29) is 6.10 Å². The maximum Gasteiger partial charge on any atom is 0.128 e. The van der Waals surface area contributed by atoms with Crippen LogP contribution in [0.4, 0.5) is 0 Å². The lowest BCUT2D eigenvalue weighted by Crippen LogP contribution is -2.20. The molecule has 1 saturated carbocycles. The first-order valence-corrected chi connectivity index (χ1v) is 11.6. The first-order valence-electron chi connectivity index (χ1n) is 11.6. The van der Waals surface area contributed by atoms with Crippen LogP contribution in [0.2, 0.25) is 0 Å². The number of nitrogens with zero attached hydrogens (tertiary/aromatic N) is 1. The van der Waals surface area contributed by atoms with Crippen molar-refractivity contribution < 1.29 is 9.47 Å². The van der Waals surface area contributed by atoms with Gasteiger partial charge in [0.05, 0.1) is 18.4 Å². The second kappa shape index (κ2) is 10.8. The van der Waals surface area contributed by atoms with Crippen molar-refractivity contribution in [1.29, 1.82) is 0 Å². The van der Waals surface area contributed by atoms with E-state index in [2.05, 4.69) is 52.0 Å². The van der Waals surface area contributed by atoms with Crippen molar-refractivity contribution in [3.05, 3.63) is 47.2 Å². The van der Waals surface area contributed by atoms with Crippen LogP contribution in [0.15, 0.2) is 30.5 Å². The number of pyridine rings is 1. The van der Waals surface area contributed by atoms with Crippen LogP contribution in [0.25, 0.3) is 11.3 Å². The molecule has 3 rings (SSSR count). The number of ether oxygens (including phenoxy) is 2. The third-order valence-electron chi connectivity index (χ3n) is 6.18. The van der Waals surface area contributed by atoms with Gasteiger partial charge in [-0.15, -0.1) is 0 Å². The molecule has 158 valence electrons. The maximum absolute atomic E-state index is 6.27. The van der Waals surface area contributed by atoms with Gasteiger partial charge >= 0.3 is 0 Å². The van der Waals surface area contributed by atoms with Crippen LogP contribution < -0.4 is 4.74 Å². The second-order valence-electron chi connectivity index (χ2n) is 7.97. The van der Waals surface area contributed by atoms with Crippen LogP contribution in [-0.2, 0) is 17.6 Å². The van der Waals surface area contributed by atoms with Gasteiger partial charge in [-0.25, -0.2) is 0 Å². The summed E-state index contributed by atoms with van der Waals surface area (Å²) in [5, 5.41) is 0.